The Morgan fingerprint density at radius 3 is 1.32 bits per heavy atom. The first kappa shape index (κ1) is 37.4. The summed E-state index contributed by atoms with van der Waals surface area (Å²) in [5, 5.41) is 2.27. The highest BCUT2D eigenvalue weighted by Crippen LogP contribution is 2.57. The molecule has 0 amide bonds. The maximum absolute atomic E-state index is 6.49. The van der Waals surface area contributed by atoms with Crippen molar-refractivity contribution in [1.82, 2.24) is 0 Å². The Balaban J connectivity index is 0.955. The minimum atomic E-state index is -0.470. The van der Waals surface area contributed by atoms with Crippen LogP contribution in [0.1, 0.15) is 45.9 Å². The van der Waals surface area contributed by atoms with E-state index in [1.165, 1.54) is 61.2 Å². The van der Waals surface area contributed by atoms with E-state index in [0.717, 1.165) is 50.1 Å². The first-order valence-electron chi connectivity index (χ1n) is 22.6. The Morgan fingerprint density at radius 2 is 0.738 bits per heavy atom. The van der Waals surface area contributed by atoms with Crippen LogP contribution >= 0.6 is 0 Å². The predicted octanol–water partition coefficient (Wildman–Crippen LogP) is 16.4. The number of rotatable bonds is 7. The molecule has 2 nitrogen and oxygen atoms in total. The molecule has 1 aromatic heterocycles. The van der Waals surface area contributed by atoms with Gasteiger partial charge < -0.3 is 9.32 Å². The van der Waals surface area contributed by atoms with Crippen LogP contribution in [0.25, 0.3) is 55.3 Å². The predicted molar refractivity (Wildman–Crippen MR) is 269 cm³/mol. The van der Waals surface area contributed by atoms with Crippen molar-refractivity contribution in [3.05, 3.63) is 282 Å². The molecule has 0 N–H and O–H groups in total. The van der Waals surface area contributed by atoms with Crippen LogP contribution in [-0.4, -0.2) is 0 Å². The molecule has 0 saturated heterocycles. The number of hydrogen-bond acceptors (Lipinski definition) is 2. The summed E-state index contributed by atoms with van der Waals surface area (Å²) >= 11 is 0. The molecule has 0 fully saturated rings. The zero-order valence-corrected chi connectivity index (χ0v) is 35.9. The van der Waals surface area contributed by atoms with Gasteiger partial charge in [-0.15, -0.1) is 0 Å². The van der Waals surface area contributed by atoms with Crippen LogP contribution in [0.5, 0.6) is 0 Å². The van der Waals surface area contributed by atoms with Gasteiger partial charge in [-0.05, 0) is 116 Å². The Kier molecular flexibility index (Phi) is 8.29. The van der Waals surface area contributed by atoms with E-state index >= 15 is 0 Å². The zero-order chi connectivity index (χ0) is 43.1. The molecule has 1 heterocycles. The number of hydrogen-bond donors (Lipinski definition) is 0. The molecule has 2 aliphatic rings. The van der Waals surface area contributed by atoms with E-state index in [2.05, 4.69) is 242 Å². The van der Waals surface area contributed by atoms with E-state index in [-0.39, 0.29) is 5.41 Å². The fourth-order valence-corrected chi connectivity index (χ4v) is 11.5. The Bertz CT molecular complexity index is 3510. The summed E-state index contributed by atoms with van der Waals surface area (Å²) in [7, 11) is 0. The van der Waals surface area contributed by atoms with Gasteiger partial charge in [0.1, 0.15) is 11.2 Å². The average molecular weight is 830 g/mol. The largest absolute Gasteiger partial charge is 0.455 e. The summed E-state index contributed by atoms with van der Waals surface area (Å²) in [5.74, 6) is 0. The van der Waals surface area contributed by atoms with E-state index < -0.39 is 5.41 Å². The summed E-state index contributed by atoms with van der Waals surface area (Å²) < 4.78 is 6.49. The number of para-hydroxylation sites is 2. The van der Waals surface area contributed by atoms with Gasteiger partial charge in [-0.3, -0.25) is 0 Å². The number of furan rings is 1. The lowest BCUT2D eigenvalue weighted by Gasteiger charge is -2.34. The summed E-state index contributed by atoms with van der Waals surface area (Å²) in [6.07, 6.45) is 0. The highest BCUT2D eigenvalue weighted by molar-refractivity contribution is 6.09. The van der Waals surface area contributed by atoms with Crippen molar-refractivity contribution in [2.45, 2.75) is 17.8 Å². The molecule has 0 bridgehead atoms. The van der Waals surface area contributed by atoms with Crippen molar-refractivity contribution in [2.75, 3.05) is 4.90 Å². The Hall–Kier alpha value is -8.20. The van der Waals surface area contributed by atoms with Crippen molar-refractivity contribution in [3.63, 3.8) is 0 Å². The number of anilines is 3. The van der Waals surface area contributed by atoms with E-state index in [0.29, 0.717) is 0 Å². The van der Waals surface area contributed by atoms with Crippen molar-refractivity contribution in [1.29, 1.82) is 0 Å². The molecule has 2 aliphatic carbocycles. The van der Waals surface area contributed by atoms with Crippen molar-refractivity contribution in [2.24, 2.45) is 0 Å². The monoisotopic (exact) mass is 829 g/mol. The van der Waals surface area contributed by atoms with Crippen LogP contribution in [-0.2, 0) is 10.8 Å². The first-order valence-corrected chi connectivity index (χ1v) is 22.6. The van der Waals surface area contributed by atoms with Gasteiger partial charge in [-0.1, -0.05) is 200 Å². The summed E-state index contributed by atoms with van der Waals surface area (Å²) in [6, 6.07) is 89.0. The lowest BCUT2D eigenvalue weighted by Crippen LogP contribution is -2.28. The molecule has 0 spiro atoms. The number of benzene rings is 10. The summed E-state index contributed by atoms with van der Waals surface area (Å²) in [6.45, 7) is 2.38. The third-order valence-corrected chi connectivity index (χ3v) is 14.5. The van der Waals surface area contributed by atoms with Crippen LogP contribution < -0.4 is 4.90 Å². The van der Waals surface area contributed by atoms with Gasteiger partial charge in [0.15, 0.2) is 0 Å². The average Bonchev–Trinajstić information content (AvgIpc) is 4.00. The maximum Gasteiger partial charge on any atom is 0.143 e. The Labute approximate surface area is 379 Å². The third-order valence-electron chi connectivity index (χ3n) is 14.5. The van der Waals surface area contributed by atoms with Gasteiger partial charge in [-0.25, -0.2) is 0 Å². The van der Waals surface area contributed by atoms with Crippen LogP contribution in [0.3, 0.4) is 0 Å². The maximum atomic E-state index is 6.49. The number of fused-ring (bicyclic) bond motifs is 9. The standard InChI is InChI=1S/C63H43NO/c1-62(56-25-10-5-18-50(56)51-19-6-11-26-57(51)62)43-32-38-47(39-33-43)64(46-36-30-42(31-37-46)49-23-15-24-55-54-22-9-14-29-60(54)65-61(49)55)48-40-34-45(35-41-48)63(44-16-3-2-4-17-44)58-27-12-7-20-52(58)53-21-8-13-28-59(53)63/h2-41H,1H3. The minimum absolute atomic E-state index is 0.281. The molecule has 0 radical (unpaired) electrons. The van der Waals surface area contributed by atoms with Crippen LogP contribution in [0.15, 0.2) is 247 Å². The van der Waals surface area contributed by atoms with Crippen molar-refractivity contribution in [3.8, 4) is 33.4 Å². The minimum Gasteiger partial charge on any atom is -0.455 e. The van der Waals surface area contributed by atoms with Gasteiger partial charge in [-0.2, -0.15) is 0 Å². The molecule has 0 saturated carbocycles. The normalized spacial score (nSPS) is 13.9. The molecule has 2 heteroatoms. The quantitative estimate of drug-likeness (QED) is 0.159. The summed E-state index contributed by atoms with van der Waals surface area (Å²) in [4.78, 5) is 2.39. The third kappa shape index (κ3) is 5.41. The Morgan fingerprint density at radius 1 is 0.323 bits per heavy atom. The SMILES string of the molecule is CC1(c2ccc(N(c3ccc(-c4cccc5c4oc4ccccc45)cc3)c3ccc(C4(c5ccccc5)c5ccccc5-c5ccccc54)cc3)cc2)c2ccccc2-c2ccccc21. The molecule has 10 aromatic carbocycles. The zero-order valence-electron chi connectivity index (χ0n) is 35.9. The van der Waals surface area contributed by atoms with Crippen molar-refractivity contribution >= 4 is 39.0 Å². The lowest BCUT2D eigenvalue weighted by atomic mass is 9.68. The van der Waals surface area contributed by atoms with E-state index in [9.17, 15) is 0 Å². The van der Waals surface area contributed by atoms with Gasteiger partial charge >= 0.3 is 0 Å². The van der Waals surface area contributed by atoms with Crippen molar-refractivity contribution < 1.29 is 4.42 Å². The molecule has 0 aliphatic heterocycles. The molecule has 0 unspecified atom stereocenters. The van der Waals surface area contributed by atoms with E-state index in [1.807, 2.05) is 12.1 Å². The summed E-state index contributed by atoms with van der Waals surface area (Å²) in [5.41, 5.74) is 20.8. The van der Waals surface area contributed by atoms with Gasteiger partial charge in [0.05, 0.1) is 5.41 Å². The lowest BCUT2D eigenvalue weighted by molar-refractivity contribution is 0.670. The highest BCUT2D eigenvalue weighted by Gasteiger charge is 2.46. The molecule has 65 heavy (non-hydrogen) atoms. The van der Waals surface area contributed by atoms with E-state index in [4.69, 9.17) is 4.42 Å². The van der Waals surface area contributed by atoms with Gasteiger partial charge in [0, 0.05) is 38.8 Å². The second kappa shape index (κ2) is 14.4. The molecule has 13 rings (SSSR count). The fourth-order valence-electron chi connectivity index (χ4n) is 11.5. The van der Waals surface area contributed by atoms with Gasteiger partial charge in [0.2, 0.25) is 0 Å². The van der Waals surface area contributed by atoms with E-state index in [1.54, 1.807) is 0 Å². The molecular weight excluding hydrogens is 787 g/mol. The van der Waals surface area contributed by atoms with Crippen LogP contribution in [0.2, 0.25) is 0 Å². The molecular formula is C63H43NO. The topological polar surface area (TPSA) is 16.4 Å². The van der Waals surface area contributed by atoms with Gasteiger partial charge in [0.25, 0.3) is 0 Å². The highest BCUT2D eigenvalue weighted by atomic mass is 16.3. The second-order valence-electron chi connectivity index (χ2n) is 17.7. The molecule has 11 aromatic rings. The van der Waals surface area contributed by atoms with Crippen LogP contribution in [0, 0.1) is 0 Å². The molecule has 0 atom stereocenters. The first-order chi connectivity index (χ1) is 32.1. The smallest absolute Gasteiger partial charge is 0.143 e. The fraction of sp³-hybridized carbons (Fsp3) is 0.0476. The molecule has 306 valence electrons. The second-order valence-corrected chi connectivity index (χ2v) is 17.7. The number of nitrogens with zero attached hydrogens (tertiary/aromatic N) is 1. The van der Waals surface area contributed by atoms with Crippen LogP contribution in [0.4, 0.5) is 17.1 Å².